The fourth-order valence-corrected chi connectivity index (χ4v) is 2.50. The zero-order valence-corrected chi connectivity index (χ0v) is 12.2. The average Bonchev–Trinajstić information content (AvgIpc) is 2.48. The first-order chi connectivity index (χ1) is 9.38. The molecule has 0 aliphatic carbocycles. The molecule has 3 rings (SSSR count). The summed E-state index contributed by atoms with van der Waals surface area (Å²) >= 11 is 0. The summed E-state index contributed by atoms with van der Waals surface area (Å²) in [6.45, 7) is 1.63. The molecule has 1 aliphatic heterocycles. The molecule has 1 aromatic carbocycles. The standard InChI is InChI=1S/C15H17N3O.ClH/c1-16-9-15-13-8-12(14-4-6-17-10-18-14)3-2-11(13)5-7-19-15;/h2-4,6,8,10,15-16H,5,7,9H2,1H3;1H. The lowest BCUT2D eigenvalue weighted by Gasteiger charge is -2.26. The van der Waals surface area contributed by atoms with E-state index in [1.54, 1.807) is 12.5 Å². The molecule has 2 aromatic rings. The van der Waals surface area contributed by atoms with Crippen molar-refractivity contribution in [1.82, 2.24) is 15.3 Å². The van der Waals surface area contributed by atoms with Crippen LogP contribution in [0.1, 0.15) is 17.2 Å². The minimum absolute atomic E-state index is 0. The van der Waals surface area contributed by atoms with Crippen molar-refractivity contribution < 1.29 is 4.74 Å². The molecule has 0 spiro atoms. The van der Waals surface area contributed by atoms with Crippen molar-refractivity contribution in [2.75, 3.05) is 20.2 Å². The number of likely N-dealkylation sites (N-methyl/N-ethyl adjacent to an activating group) is 1. The van der Waals surface area contributed by atoms with Crippen molar-refractivity contribution in [3.63, 3.8) is 0 Å². The lowest BCUT2D eigenvalue weighted by molar-refractivity contribution is 0.0439. The van der Waals surface area contributed by atoms with Crippen molar-refractivity contribution in [3.05, 3.63) is 47.9 Å². The third-order valence-electron chi connectivity index (χ3n) is 3.45. The van der Waals surface area contributed by atoms with Crippen LogP contribution >= 0.6 is 12.4 Å². The van der Waals surface area contributed by atoms with Gasteiger partial charge in [0.2, 0.25) is 0 Å². The zero-order valence-electron chi connectivity index (χ0n) is 11.4. The van der Waals surface area contributed by atoms with Crippen LogP contribution in [0.3, 0.4) is 0 Å². The van der Waals surface area contributed by atoms with Gasteiger partial charge in [0, 0.05) is 18.3 Å². The van der Waals surface area contributed by atoms with Crippen LogP contribution in [0.2, 0.25) is 0 Å². The van der Waals surface area contributed by atoms with Crippen molar-refractivity contribution in [1.29, 1.82) is 0 Å². The smallest absolute Gasteiger partial charge is 0.116 e. The lowest BCUT2D eigenvalue weighted by atomic mass is 9.94. The third kappa shape index (κ3) is 2.98. The highest BCUT2D eigenvalue weighted by Crippen LogP contribution is 2.30. The molecule has 1 aromatic heterocycles. The zero-order chi connectivity index (χ0) is 13.1. The van der Waals surface area contributed by atoms with Gasteiger partial charge in [-0.15, -0.1) is 12.4 Å². The Morgan fingerprint density at radius 1 is 1.35 bits per heavy atom. The summed E-state index contributed by atoms with van der Waals surface area (Å²) in [5.41, 5.74) is 4.72. The highest BCUT2D eigenvalue weighted by molar-refractivity contribution is 5.85. The monoisotopic (exact) mass is 291 g/mol. The molecule has 106 valence electrons. The first-order valence-corrected chi connectivity index (χ1v) is 6.54. The number of rotatable bonds is 3. The fourth-order valence-electron chi connectivity index (χ4n) is 2.50. The lowest BCUT2D eigenvalue weighted by Crippen LogP contribution is -2.25. The summed E-state index contributed by atoms with van der Waals surface area (Å²) in [6.07, 6.45) is 4.47. The van der Waals surface area contributed by atoms with Gasteiger partial charge in [-0.2, -0.15) is 0 Å². The van der Waals surface area contributed by atoms with E-state index in [2.05, 4.69) is 33.5 Å². The first kappa shape index (κ1) is 14.9. The highest BCUT2D eigenvalue weighted by atomic mass is 35.5. The maximum Gasteiger partial charge on any atom is 0.116 e. The Morgan fingerprint density at radius 3 is 3.00 bits per heavy atom. The van der Waals surface area contributed by atoms with E-state index in [0.29, 0.717) is 0 Å². The predicted octanol–water partition coefficient (Wildman–Crippen LogP) is 2.40. The minimum Gasteiger partial charge on any atom is -0.372 e. The largest absolute Gasteiger partial charge is 0.372 e. The summed E-state index contributed by atoms with van der Waals surface area (Å²) in [7, 11) is 1.95. The minimum atomic E-state index is 0. The van der Waals surface area contributed by atoms with E-state index in [1.165, 1.54) is 11.1 Å². The second kappa shape index (κ2) is 6.79. The molecule has 20 heavy (non-hydrogen) atoms. The van der Waals surface area contributed by atoms with Gasteiger partial charge >= 0.3 is 0 Å². The Morgan fingerprint density at radius 2 is 2.25 bits per heavy atom. The van der Waals surface area contributed by atoms with Crippen molar-refractivity contribution in [2.45, 2.75) is 12.5 Å². The van der Waals surface area contributed by atoms with Crippen LogP contribution in [0.4, 0.5) is 0 Å². The molecule has 0 saturated heterocycles. The van der Waals surface area contributed by atoms with Crippen LogP contribution in [0, 0.1) is 0 Å². The molecule has 1 N–H and O–H groups in total. The SMILES string of the molecule is CNCC1OCCc2ccc(-c3ccncn3)cc21.Cl. The molecule has 1 unspecified atom stereocenters. The van der Waals surface area contributed by atoms with Gasteiger partial charge in [-0.25, -0.2) is 9.97 Å². The van der Waals surface area contributed by atoms with Crippen LogP contribution < -0.4 is 5.32 Å². The molecule has 0 saturated carbocycles. The molecule has 0 fully saturated rings. The van der Waals surface area contributed by atoms with Crippen LogP contribution in [-0.2, 0) is 11.2 Å². The first-order valence-electron chi connectivity index (χ1n) is 6.54. The molecule has 0 radical (unpaired) electrons. The van der Waals surface area contributed by atoms with Crippen LogP contribution in [0.25, 0.3) is 11.3 Å². The number of fused-ring (bicyclic) bond motifs is 1. The Hall–Kier alpha value is -1.49. The molecule has 0 amide bonds. The molecule has 1 atom stereocenters. The van der Waals surface area contributed by atoms with Gasteiger partial charge in [-0.05, 0) is 36.7 Å². The van der Waals surface area contributed by atoms with E-state index in [0.717, 1.165) is 30.8 Å². The Labute approximate surface area is 125 Å². The number of nitrogens with zero attached hydrogens (tertiary/aromatic N) is 2. The summed E-state index contributed by atoms with van der Waals surface area (Å²) < 4.78 is 5.84. The quantitative estimate of drug-likeness (QED) is 0.943. The molecule has 1 aliphatic rings. The normalized spacial score (nSPS) is 17.1. The van der Waals surface area contributed by atoms with Crippen molar-refractivity contribution in [2.24, 2.45) is 0 Å². The third-order valence-corrected chi connectivity index (χ3v) is 3.45. The fraction of sp³-hybridized carbons (Fsp3) is 0.333. The van der Waals surface area contributed by atoms with Gasteiger partial charge in [0.05, 0.1) is 18.4 Å². The maximum absolute atomic E-state index is 5.84. The van der Waals surface area contributed by atoms with Crippen LogP contribution in [-0.4, -0.2) is 30.2 Å². The Bertz CT molecular complexity index is 562. The molecule has 2 heterocycles. The van der Waals surface area contributed by atoms with Gasteiger partial charge in [0.1, 0.15) is 6.33 Å². The molecule has 5 heteroatoms. The number of hydrogen-bond acceptors (Lipinski definition) is 4. The summed E-state index contributed by atoms with van der Waals surface area (Å²) in [5, 5.41) is 3.19. The van der Waals surface area contributed by atoms with Crippen LogP contribution in [0.15, 0.2) is 36.8 Å². The average molecular weight is 292 g/mol. The number of benzene rings is 1. The van der Waals surface area contributed by atoms with E-state index >= 15 is 0 Å². The second-order valence-corrected chi connectivity index (χ2v) is 4.68. The number of hydrogen-bond donors (Lipinski definition) is 1. The van der Waals surface area contributed by atoms with E-state index in [-0.39, 0.29) is 18.5 Å². The van der Waals surface area contributed by atoms with Crippen molar-refractivity contribution >= 4 is 12.4 Å². The van der Waals surface area contributed by atoms with Gasteiger partial charge in [-0.1, -0.05) is 12.1 Å². The number of halogens is 1. The molecular weight excluding hydrogens is 274 g/mol. The van der Waals surface area contributed by atoms with E-state index in [4.69, 9.17) is 4.74 Å². The van der Waals surface area contributed by atoms with Gasteiger partial charge in [-0.3, -0.25) is 0 Å². The Balaban J connectivity index is 0.00000147. The molecular formula is C15H18ClN3O. The summed E-state index contributed by atoms with van der Waals surface area (Å²) in [6, 6.07) is 8.44. The number of aromatic nitrogens is 2. The summed E-state index contributed by atoms with van der Waals surface area (Å²) in [4.78, 5) is 8.26. The topological polar surface area (TPSA) is 47.0 Å². The van der Waals surface area contributed by atoms with Gasteiger partial charge in [0.25, 0.3) is 0 Å². The predicted molar refractivity (Wildman–Crippen MR) is 81.0 cm³/mol. The second-order valence-electron chi connectivity index (χ2n) is 4.68. The van der Waals surface area contributed by atoms with Gasteiger partial charge < -0.3 is 10.1 Å². The Kier molecular flexibility index (Phi) is 5.06. The van der Waals surface area contributed by atoms with Crippen LogP contribution in [0.5, 0.6) is 0 Å². The molecule has 0 bridgehead atoms. The van der Waals surface area contributed by atoms with Gasteiger partial charge in [0.15, 0.2) is 0 Å². The maximum atomic E-state index is 5.84. The van der Waals surface area contributed by atoms with E-state index < -0.39 is 0 Å². The highest BCUT2D eigenvalue weighted by Gasteiger charge is 2.20. The number of ether oxygens (including phenoxy) is 1. The summed E-state index contributed by atoms with van der Waals surface area (Å²) in [5.74, 6) is 0. The molecule has 4 nitrogen and oxygen atoms in total. The van der Waals surface area contributed by atoms with E-state index in [1.807, 2.05) is 13.1 Å². The number of nitrogens with one attached hydrogen (secondary N) is 1. The van der Waals surface area contributed by atoms with Crippen molar-refractivity contribution in [3.8, 4) is 11.3 Å². The van der Waals surface area contributed by atoms with E-state index in [9.17, 15) is 0 Å².